The zero-order chi connectivity index (χ0) is 19.3. The highest BCUT2D eigenvalue weighted by Crippen LogP contribution is 2.31. The Morgan fingerprint density at radius 1 is 1.04 bits per heavy atom. The average Bonchev–Trinajstić information content (AvgIpc) is 3.18. The number of hydrogen-bond acceptors (Lipinski definition) is 6. The smallest absolute Gasteiger partial charge is 0.202 e. The van der Waals surface area contributed by atoms with Crippen LogP contribution in [0, 0.1) is 11.3 Å². The largest absolute Gasteiger partial charge is 0.294 e. The molecule has 1 aliphatic heterocycles. The predicted octanol–water partition coefficient (Wildman–Crippen LogP) is 4.23. The average molecular weight is 391 g/mol. The summed E-state index contributed by atoms with van der Waals surface area (Å²) in [6.45, 7) is 4.41. The van der Waals surface area contributed by atoms with Crippen molar-refractivity contribution in [1.82, 2.24) is 24.6 Å². The highest BCUT2D eigenvalue weighted by atomic mass is 32.2. The molecule has 1 aliphatic rings. The molecule has 3 aromatic rings. The first-order valence-electron chi connectivity index (χ1n) is 9.55. The fraction of sp³-hybridized carbons (Fsp3) is 0.333. The SMILES string of the molecule is C[C@H](c1nnc(Sc2ccc(C#N)cn2)n1-c1ccccc1)N1CCCCC1. The molecule has 6 nitrogen and oxygen atoms in total. The van der Waals surface area contributed by atoms with Crippen LogP contribution in [0.25, 0.3) is 5.69 Å². The van der Waals surface area contributed by atoms with Crippen molar-refractivity contribution in [2.45, 2.75) is 42.4 Å². The van der Waals surface area contributed by atoms with Gasteiger partial charge in [-0.1, -0.05) is 24.6 Å². The zero-order valence-corrected chi connectivity index (χ0v) is 16.6. The summed E-state index contributed by atoms with van der Waals surface area (Å²) in [5, 5.41) is 19.6. The molecule has 0 radical (unpaired) electrons. The summed E-state index contributed by atoms with van der Waals surface area (Å²) in [5.74, 6) is 0.948. The first-order valence-corrected chi connectivity index (χ1v) is 10.4. The van der Waals surface area contributed by atoms with E-state index in [2.05, 4.69) is 49.8 Å². The predicted molar refractivity (Wildman–Crippen MR) is 108 cm³/mol. The number of nitriles is 1. The van der Waals surface area contributed by atoms with Gasteiger partial charge in [-0.2, -0.15) is 5.26 Å². The molecule has 0 saturated carbocycles. The highest BCUT2D eigenvalue weighted by molar-refractivity contribution is 7.99. The molecule has 1 atom stereocenters. The summed E-state index contributed by atoms with van der Waals surface area (Å²) in [7, 11) is 0. The topological polar surface area (TPSA) is 70.6 Å². The van der Waals surface area contributed by atoms with Gasteiger partial charge in [-0.3, -0.25) is 9.47 Å². The van der Waals surface area contributed by atoms with E-state index < -0.39 is 0 Å². The van der Waals surface area contributed by atoms with Gasteiger partial charge in [0, 0.05) is 11.9 Å². The maximum absolute atomic E-state index is 8.97. The highest BCUT2D eigenvalue weighted by Gasteiger charge is 2.25. The molecule has 0 aliphatic carbocycles. The number of para-hydroxylation sites is 1. The molecule has 1 fully saturated rings. The number of hydrogen-bond donors (Lipinski definition) is 0. The van der Waals surface area contributed by atoms with Gasteiger partial charge in [0.25, 0.3) is 0 Å². The number of benzene rings is 1. The quantitative estimate of drug-likeness (QED) is 0.649. The van der Waals surface area contributed by atoms with E-state index in [1.54, 1.807) is 12.3 Å². The molecule has 7 heteroatoms. The number of piperidine rings is 1. The van der Waals surface area contributed by atoms with E-state index in [4.69, 9.17) is 5.26 Å². The van der Waals surface area contributed by atoms with E-state index in [0.717, 1.165) is 34.8 Å². The molecule has 0 bridgehead atoms. The van der Waals surface area contributed by atoms with Crippen LogP contribution in [0.5, 0.6) is 0 Å². The van der Waals surface area contributed by atoms with Crippen molar-refractivity contribution in [2.24, 2.45) is 0 Å². The lowest BCUT2D eigenvalue weighted by Crippen LogP contribution is -2.33. The molecule has 4 rings (SSSR count). The van der Waals surface area contributed by atoms with Crippen LogP contribution in [0.2, 0.25) is 0 Å². The van der Waals surface area contributed by atoms with Crippen molar-refractivity contribution in [3.8, 4) is 11.8 Å². The van der Waals surface area contributed by atoms with Gasteiger partial charge in [-0.25, -0.2) is 4.98 Å². The van der Waals surface area contributed by atoms with Crippen molar-refractivity contribution in [3.63, 3.8) is 0 Å². The fourth-order valence-corrected chi connectivity index (χ4v) is 4.31. The second kappa shape index (κ2) is 8.55. The van der Waals surface area contributed by atoms with E-state index >= 15 is 0 Å². The summed E-state index contributed by atoms with van der Waals surface area (Å²) >= 11 is 1.46. The minimum atomic E-state index is 0.191. The van der Waals surface area contributed by atoms with E-state index in [1.165, 1.54) is 31.0 Å². The molecule has 2 aromatic heterocycles. The summed E-state index contributed by atoms with van der Waals surface area (Å²) in [6, 6.07) is 16.1. The number of likely N-dealkylation sites (tertiary alicyclic amines) is 1. The Morgan fingerprint density at radius 3 is 2.50 bits per heavy atom. The Balaban J connectivity index is 1.70. The van der Waals surface area contributed by atoms with E-state index in [-0.39, 0.29) is 6.04 Å². The van der Waals surface area contributed by atoms with Gasteiger partial charge in [0.1, 0.15) is 11.1 Å². The molecule has 0 amide bonds. The van der Waals surface area contributed by atoms with Crippen LogP contribution in [0.4, 0.5) is 0 Å². The van der Waals surface area contributed by atoms with Crippen LogP contribution in [0.1, 0.15) is 43.6 Å². The van der Waals surface area contributed by atoms with Crippen molar-refractivity contribution in [1.29, 1.82) is 5.26 Å². The Kier molecular flexibility index (Phi) is 5.70. The molecular weight excluding hydrogens is 368 g/mol. The number of nitrogens with zero attached hydrogens (tertiary/aromatic N) is 6. The fourth-order valence-electron chi connectivity index (χ4n) is 3.51. The summed E-state index contributed by atoms with van der Waals surface area (Å²) in [5.41, 5.74) is 1.59. The lowest BCUT2D eigenvalue weighted by molar-refractivity contribution is 0.167. The van der Waals surface area contributed by atoms with Gasteiger partial charge in [0.2, 0.25) is 5.16 Å². The second-order valence-corrected chi connectivity index (χ2v) is 7.87. The lowest BCUT2D eigenvalue weighted by Gasteiger charge is -2.31. The maximum atomic E-state index is 8.97. The van der Waals surface area contributed by atoms with Gasteiger partial charge in [0.15, 0.2) is 5.82 Å². The van der Waals surface area contributed by atoms with Crippen molar-refractivity contribution < 1.29 is 0 Å². The molecule has 0 spiro atoms. The molecule has 3 heterocycles. The molecule has 0 unspecified atom stereocenters. The minimum absolute atomic E-state index is 0.191. The lowest BCUT2D eigenvalue weighted by atomic mass is 10.1. The third-order valence-electron chi connectivity index (χ3n) is 5.05. The first-order chi connectivity index (χ1) is 13.8. The van der Waals surface area contributed by atoms with E-state index in [9.17, 15) is 0 Å². The van der Waals surface area contributed by atoms with Gasteiger partial charge >= 0.3 is 0 Å². The third-order valence-corrected chi connectivity index (χ3v) is 5.94. The van der Waals surface area contributed by atoms with Crippen LogP contribution >= 0.6 is 11.8 Å². The van der Waals surface area contributed by atoms with Gasteiger partial charge in [-0.15, -0.1) is 10.2 Å². The van der Waals surface area contributed by atoms with Gasteiger partial charge < -0.3 is 0 Å². The molecule has 142 valence electrons. The summed E-state index contributed by atoms with van der Waals surface area (Å²) in [4.78, 5) is 6.86. The molecule has 1 aromatic carbocycles. The van der Waals surface area contributed by atoms with Crippen molar-refractivity contribution in [2.75, 3.05) is 13.1 Å². The Morgan fingerprint density at radius 2 is 1.82 bits per heavy atom. The van der Waals surface area contributed by atoms with E-state index in [0.29, 0.717) is 5.56 Å². The molecular formula is C21H22N6S. The summed E-state index contributed by atoms with van der Waals surface area (Å²) < 4.78 is 2.13. The second-order valence-electron chi connectivity index (χ2n) is 6.88. The molecule has 0 N–H and O–H groups in total. The minimum Gasteiger partial charge on any atom is -0.294 e. The Hall–Kier alpha value is -2.69. The van der Waals surface area contributed by atoms with E-state index in [1.807, 2.05) is 24.3 Å². The van der Waals surface area contributed by atoms with Crippen LogP contribution in [0.15, 0.2) is 58.8 Å². The van der Waals surface area contributed by atoms with Crippen molar-refractivity contribution >= 4 is 11.8 Å². The van der Waals surface area contributed by atoms with Crippen LogP contribution in [-0.2, 0) is 0 Å². The standard InChI is InChI=1S/C21H22N6S/c1-16(26-12-6-3-7-13-26)20-24-25-21(27(20)18-8-4-2-5-9-18)28-19-11-10-17(14-22)15-23-19/h2,4-5,8-11,15-16H,3,6-7,12-13H2,1H3/t16-/m1/s1. The van der Waals surface area contributed by atoms with Crippen LogP contribution < -0.4 is 0 Å². The third kappa shape index (κ3) is 3.93. The summed E-state index contributed by atoms with van der Waals surface area (Å²) in [6.07, 6.45) is 5.37. The van der Waals surface area contributed by atoms with Gasteiger partial charge in [-0.05, 0) is 68.9 Å². The Bertz CT molecular complexity index is 955. The van der Waals surface area contributed by atoms with Crippen molar-refractivity contribution in [3.05, 3.63) is 60.0 Å². The normalized spacial score (nSPS) is 15.9. The first kappa shape index (κ1) is 18.7. The molecule has 1 saturated heterocycles. The monoisotopic (exact) mass is 390 g/mol. The number of aromatic nitrogens is 4. The van der Waals surface area contributed by atoms with Crippen LogP contribution in [-0.4, -0.2) is 37.7 Å². The molecule has 28 heavy (non-hydrogen) atoms. The Labute approximate surface area is 169 Å². The number of rotatable bonds is 5. The zero-order valence-electron chi connectivity index (χ0n) is 15.8. The van der Waals surface area contributed by atoms with Gasteiger partial charge in [0.05, 0.1) is 11.6 Å². The number of pyridine rings is 1. The van der Waals surface area contributed by atoms with Crippen LogP contribution in [0.3, 0.4) is 0 Å². The maximum Gasteiger partial charge on any atom is 0.202 e.